The van der Waals surface area contributed by atoms with E-state index in [1.807, 2.05) is 0 Å². The average Bonchev–Trinajstić information content (AvgIpc) is 1.78. The van der Waals surface area contributed by atoms with Crippen molar-refractivity contribution in [3.63, 3.8) is 0 Å². The van der Waals surface area contributed by atoms with Gasteiger partial charge in [-0.25, -0.2) is 0 Å². The standard InChI is InChI=1S/C7H17NO2Si.Li/c1-11(2,3)6-8-5-4-7(9)10;/h8H,4-6H2,1-3H3,(H,9,10);/q;+1/p-1. The number of carboxylic acids is 1. The summed E-state index contributed by atoms with van der Waals surface area (Å²) >= 11 is 0. The molecule has 3 nitrogen and oxygen atoms in total. The molecule has 0 aliphatic carbocycles. The molecule has 0 aromatic carbocycles. The summed E-state index contributed by atoms with van der Waals surface area (Å²) in [7, 11) is -1.05. The molecule has 1 N–H and O–H groups in total. The van der Waals surface area contributed by atoms with Gasteiger partial charge in [0.25, 0.3) is 0 Å². The second kappa shape index (κ2) is 6.73. The molecular weight excluding hydrogens is 165 g/mol. The molecule has 0 saturated heterocycles. The van der Waals surface area contributed by atoms with Gasteiger partial charge in [-0.2, -0.15) is 0 Å². The summed E-state index contributed by atoms with van der Waals surface area (Å²) < 4.78 is 0. The molecule has 0 amide bonds. The van der Waals surface area contributed by atoms with Crippen LogP contribution >= 0.6 is 0 Å². The van der Waals surface area contributed by atoms with Crippen molar-refractivity contribution in [2.24, 2.45) is 0 Å². The number of aliphatic carboxylic acids is 1. The summed E-state index contributed by atoms with van der Waals surface area (Å²) in [5, 5.41) is 13.1. The minimum absolute atomic E-state index is 0. The van der Waals surface area contributed by atoms with Crippen LogP contribution in [0.15, 0.2) is 0 Å². The van der Waals surface area contributed by atoms with Crippen LogP contribution in [0.25, 0.3) is 0 Å². The summed E-state index contributed by atoms with van der Waals surface area (Å²) in [5.74, 6) is -0.979. The van der Waals surface area contributed by atoms with Gasteiger partial charge in [-0.05, 0) is 12.6 Å². The number of hydrogen-bond donors (Lipinski definition) is 1. The molecule has 5 heteroatoms. The third-order valence-corrected chi connectivity index (χ3v) is 2.47. The first-order valence-electron chi connectivity index (χ1n) is 3.82. The maximum Gasteiger partial charge on any atom is 1.00 e. The maximum absolute atomic E-state index is 9.98. The fourth-order valence-electron chi connectivity index (χ4n) is 0.654. The summed E-state index contributed by atoms with van der Waals surface area (Å²) in [6.07, 6.45) is 1.09. The van der Waals surface area contributed by atoms with Gasteiger partial charge in [-0.1, -0.05) is 19.6 Å². The second-order valence-electron chi connectivity index (χ2n) is 3.86. The number of carboxylic acid groups (broad SMARTS) is 1. The third kappa shape index (κ3) is 12.9. The molecule has 0 unspecified atom stereocenters. The first kappa shape index (κ1) is 14.8. The van der Waals surface area contributed by atoms with Crippen LogP contribution in [-0.4, -0.2) is 26.8 Å². The van der Waals surface area contributed by atoms with Crippen LogP contribution in [0.4, 0.5) is 0 Å². The molecule has 0 spiro atoms. The van der Waals surface area contributed by atoms with Crippen LogP contribution in [0, 0.1) is 0 Å². The number of nitrogens with one attached hydrogen (secondary N) is 1. The fourth-order valence-corrected chi connectivity index (χ4v) is 1.58. The molecule has 0 aromatic rings. The van der Waals surface area contributed by atoms with Gasteiger partial charge in [-0.15, -0.1) is 0 Å². The van der Waals surface area contributed by atoms with Crippen molar-refractivity contribution in [3.05, 3.63) is 0 Å². The van der Waals surface area contributed by atoms with Crippen LogP contribution in [0.2, 0.25) is 19.6 Å². The zero-order valence-corrected chi connectivity index (χ0v) is 9.44. The van der Waals surface area contributed by atoms with Crippen LogP contribution in [-0.2, 0) is 4.79 Å². The largest absolute Gasteiger partial charge is 1.00 e. The SMILES string of the molecule is C[Si](C)(C)CNCCC(=O)[O-].[Li+]. The van der Waals surface area contributed by atoms with E-state index in [4.69, 9.17) is 0 Å². The quantitative estimate of drug-likeness (QED) is 0.355. The van der Waals surface area contributed by atoms with Crippen molar-refractivity contribution in [1.29, 1.82) is 0 Å². The van der Waals surface area contributed by atoms with Gasteiger partial charge < -0.3 is 15.2 Å². The summed E-state index contributed by atoms with van der Waals surface area (Å²) in [5.41, 5.74) is 0. The van der Waals surface area contributed by atoms with Gasteiger partial charge in [0, 0.05) is 12.5 Å². The van der Waals surface area contributed by atoms with E-state index in [0.717, 1.165) is 6.17 Å². The summed E-state index contributed by atoms with van der Waals surface area (Å²) in [6.45, 7) is 7.24. The van der Waals surface area contributed by atoms with Gasteiger partial charge >= 0.3 is 18.9 Å². The number of rotatable bonds is 5. The fraction of sp³-hybridized carbons (Fsp3) is 0.857. The smallest absolute Gasteiger partial charge is 0.550 e. The van der Waals surface area contributed by atoms with Crippen molar-refractivity contribution < 1.29 is 28.8 Å². The normalized spacial score (nSPS) is 10.6. The summed E-state index contributed by atoms with van der Waals surface area (Å²) in [6, 6.07) is 0. The van der Waals surface area contributed by atoms with Crippen molar-refractivity contribution in [2.75, 3.05) is 12.7 Å². The molecule has 12 heavy (non-hydrogen) atoms. The molecule has 0 atom stereocenters. The zero-order chi connectivity index (χ0) is 8.91. The monoisotopic (exact) mass is 181 g/mol. The predicted molar refractivity (Wildman–Crippen MR) is 45.8 cm³/mol. The first-order valence-corrected chi connectivity index (χ1v) is 7.53. The van der Waals surface area contributed by atoms with Gasteiger partial charge in [0.1, 0.15) is 0 Å². The zero-order valence-electron chi connectivity index (χ0n) is 8.44. The van der Waals surface area contributed by atoms with Crippen LogP contribution in [0.5, 0.6) is 0 Å². The third-order valence-electron chi connectivity index (χ3n) is 1.16. The first-order chi connectivity index (χ1) is 4.92. The van der Waals surface area contributed by atoms with Crippen LogP contribution in [0.3, 0.4) is 0 Å². The van der Waals surface area contributed by atoms with E-state index in [1.165, 1.54) is 0 Å². The average molecular weight is 181 g/mol. The van der Waals surface area contributed by atoms with Gasteiger partial charge in [0.15, 0.2) is 0 Å². The Hall–Kier alpha value is 0.244. The number of hydrogen-bond acceptors (Lipinski definition) is 3. The molecule has 0 aliphatic heterocycles. The Morgan fingerprint density at radius 1 is 1.42 bits per heavy atom. The van der Waals surface area contributed by atoms with Crippen molar-refractivity contribution in [2.45, 2.75) is 26.1 Å². The molecular formula is C7H16LiNO2Si. The molecule has 0 bridgehead atoms. The van der Waals surface area contributed by atoms with E-state index in [0.29, 0.717) is 6.54 Å². The van der Waals surface area contributed by atoms with E-state index in [-0.39, 0.29) is 25.3 Å². The molecule has 66 valence electrons. The Balaban J connectivity index is 0. The van der Waals surface area contributed by atoms with Crippen LogP contribution in [0.1, 0.15) is 6.42 Å². The predicted octanol–water partition coefficient (Wildman–Crippen LogP) is -3.40. The van der Waals surface area contributed by atoms with Crippen LogP contribution < -0.4 is 29.3 Å². The van der Waals surface area contributed by atoms with Crippen molar-refractivity contribution >= 4 is 14.0 Å². The Labute approximate surface area is 87.1 Å². The number of carbonyl (C=O) groups excluding carboxylic acids is 1. The Bertz CT molecular complexity index is 136. The topological polar surface area (TPSA) is 52.2 Å². The van der Waals surface area contributed by atoms with E-state index in [2.05, 4.69) is 25.0 Å². The Morgan fingerprint density at radius 3 is 2.25 bits per heavy atom. The van der Waals surface area contributed by atoms with E-state index in [1.54, 1.807) is 0 Å². The van der Waals surface area contributed by atoms with Crippen molar-refractivity contribution in [1.82, 2.24) is 5.32 Å². The summed E-state index contributed by atoms with van der Waals surface area (Å²) in [4.78, 5) is 9.98. The van der Waals surface area contributed by atoms with E-state index in [9.17, 15) is 9.90 Å². The van der Waals surface area contributed by atoms with Gasteiger partial charge in [-0.3, -0.25) is 0 Å². The minimum atomic E-state index is -1.05. The Morgan fingerprint density at radius 2 is 1.92 bits per heavy atom. The van der Waals surface area contributed by atoms with E-state index < -0.39 is 14.0 Å². The molecule has 0 aliphatic rings. The molecule has 0 aromatic heterocycles. The Kier molecular flexibility index (Phi) is 8.27. The second-order valence-corrected chi connectivity index (χ2v) is 9.33. The van der Waals surface area contributed by atoms with Crippen molar-refractivity contribution in [3.8, 4) is 0 Å². The molecule has 0 saturated carbocycles. The minimum Gasteiger partial charge on any atom is -0.550 e. The molecule has 0 fully saturated rings. The number of carbonyl (C=O) groups is 1. The van der Waals surface area contributed by atoms with Gasteiger partial charge in [0.2, 0.25) is 0 Å². The maximum atomic E-state index is 9.98. The molecule has 0 radical (unpaired) electrons. The van der Waals surface area contributed by atoms with E-state index >= 15 is 0 Å². The van der Waals surface area contributed by atoms with Gasteiger partial charge in [0.05, 0.1) is 8.07 Å². The molecule has 0 rings (SSSR count). The molecule has 0 heterocycles.